The van der Waals surface area contributed by atoms with E-state index < -0.39 is 29.4 Å². The SMILES string of the molecule is COC(=O)C(C)(C)Oc1cccc(CNC(=O)OCCc2cccc(C(F)(F)F)c2)c1. The third-order valence-corrected chi connectivity index (χ3v) is 4.26. The molecule has 0 bridgehead atoms. The Labute approximate surface area is 178 Å². The van der Waals surface area contributed by atoms with Crippen LogP contribution in [-0.2, 0) is 33.4 Å². The van der Waals surface area contributed by atoms with Crippen LogP contribution in [0, 0.1) is 0 Å². The van der Waals surface area contributed by atoms with Gasteiger partial charge in [-0.05, 0) is 43.2 Å². The molecule has 0 aliphatic rings. The van der Waals surface area contributed by atoms with Crippen molar-refractivity contribution < 1.29 is 37.0 Å². The Balaban J connectivity index is 1.82. The number of alkyl carbamates (subject to hydrolysis) is 1. The van der Waals surface area contributed by atoms with Crippen molar-refractivity contribution in [3.05, 3.63) is 65.2 Å². The molecule has 1 N–H and O–H groups in total. The van der Waals surface area contributed by atoms with Crippen molar-refractivity contribution >= 4 is 12.1 Å². The molecule has 2 rings (SSSR count). The minimum absolute atomic E-state index is 0.0659. The molecule has 0 radical (unpaired) electrons. The highest BCUT2D eigenvalue weighted by molar-refractivity contribution is 5.78. The minimum Gasteiger partial charge on any atom is -0.476 e. The topological polar surface area (TPSA) is 73.9 Å². The van der Waals surface area contributed by atoms with Crippen molar-refractivity contribution in [3.8, 4) is 5.75 Å². The highest BCUT2D eigenvalue weighted by atomic mass is 19.4. The number of halogens is 3. The molecule has 0 saturated heterocycles. The van der Waals surface area contributed by atoms with E-state index in [1.165, 1.54) is 19.2 Å². The van der Waals surface area contributed by atoms with Gasteiger partial charge in [0, 0.05) is 13.0 Å². The first kappa shape index (κ1) is 24.0. The number of benzene rings is 2. The lowest BCUT2D eigenvalue weighted by Gasteiger charge is -2.23. The van der Waals surface area contributed by atoms with Crippen LogP contribution in [0.25, 0.3) is 0 Å². The van der Waals surface area contributed by atoms with Crippen LogP contribution in [0.1, 0.15) is 30.5 Å². The van der Waals surface area contributed by atoms with E-state index in [9.17, 15) is 22.8 Å². The fraction of sp³-hybridized carbons (Fsp3) is 0.364. The third-order valence-electron chi connectivity index (χ3n) is 4.26. The zero-order valence-electron chi connectivity index (χ0n) is 17.4. The van der Waals surface area contributed by atoms with Gasteiger partial charge in [0.2, 0.25) is 0 Å². The monoisotopic (exact) mass is 439 g/mol. The molecule has 0 aliphatic carbocycles. The maximum atomic E-state index is 12.7. The lowest BCUT2D eigenvalue weighted by molar-refractivity contribution is -0.156. The van der Waals surface area contributed by atoms with Gasteiger partial charge >= 0.3 is 18.2 Å². The molecule has 0 fully saturated rings. The first-order chi connectivity index (χ1) is 14.5. The van der Waals surface area contributed by atoms with Gasteiger partial charge in [0.1, 0.15) is 5.75 Å². The Bertz CT molecular complexity index is 912. The first-order valence-corrected chi connectivity index (χ1v) is 9.44. The van der Waals surface area contributed by atoms with Gasteiger partial charge in [0.25, 0.3) is 0 Å². The maximum Gasteiger partial charge on any atom is 0.416 e. The van der Waals surface area contributed by atoms with Gasteiger partial charge in [-0.15, -0.1) is 0 Å². The summed E-state index contributed by atoms with van der Waals surface area (Å²) in [5.41, 5.74) is -0.802. The Kier molecular flexibility index (Phi) is 7.90. The number of carbonyl (C=O) groups excluding carboxylic acids is 2. The molecule has 168 valence electrons. The Morgan fingerprint density at radius 1 is 1.00 bits per heavy atom. The smallest absolute Gasteiger partial charge is 0.416 e. The summed E-state index contributed by atoms with van der Waals surface area (Å²) in [5, 5.41) is 2.56. The van der Waals surface area contributed by atoms with Gasteiger partial charge in [-0.1, -0.05) is 30.3 Å². The molecule has 31 heavy (non-hydrogen) atoms. The number of nitrogens with one attached hydrogen (secondary N) is 1. The highest BCUT2D eigenvalue weighted by Crippen LogP contribution is 2.29. The molecule has 9 heteroatoms. The molecule has 2 aromatic carbocycles. The number of hydrogen-bond donors (Lipinski definition) is 1. The molecule has 1 amide bonds. The lowest BCUT2D eigenvalue weighted by Crippen LogP contribution is -2.39. The second-order valence-corrected chi connectivity index (χ2v) is 7.19. The Morgan fingerprint density at radius 2 is 1.68 bits per heavy atom. The summed E-state index contributed by atoms with van der Waals surface area (Å²) >= 11 is 0. The summed E-state index contributed by atoms with van der Waals surface area (Å²) in [4.78, 5) is 23.6. The molecule has 0 spiro atoms. The molecule has 2 aromatic rings. The van der Waals surface area contributed by atoms with Crippen molar-refractivity contribution in [2.24, 2.45) is 0 Å². The fourth-order valence-corrected chi connectivity index (χ4v) is 2.69. The standard InChI is InChI=1S/C22H24F3NO5/c1-21(2,19(27)29-3)31-18-9-5-7-16(13-18)14-26-20(28)30-11-10-15-6-4-8-17(12-15)22(23,24)25/h4-9,12-13H,10-11,14H2,1-3H3,(H,26,28). The zero-order valence-corrected chi connectivity index (χ0v) is 17.4. The van der Waals surface area contributed by atoms with Crippen molar-refractivity contribution in [3.63, 3.8) is 0 Å². The molecule has 0 aliphatic heterocycles. The first-order valence-electron chi connectivity index (χ1n) is 9.44. The number of hydrogen-bond acceptors (Lipinski definition) is 5. The zero-order chi connectivity index (χ0) is 23.1. The molecule has 0 heterocycles. The minimum atomic E-state index is -4.42. The van der Waals surface area contributed by atoms with Gasteiger partial charge in [0.15, 0.2) is 5.60 Å². The quantitative estimate of drug-likeness (QED) is 0.613. The molecule has 0 saturated carbocycles. The van der Waals surface area contributed by atoms with Crippen molar-refractivity contribution in [2.75, 3.05) is 13.7 Å². The van der Waals surface area contributed by atoms with E-state index in [4.69, 9.17) is 14.2 Å². The van der Waals surface area contributed by atoms with Crippen LogP contribution in [0.15, 0.2) is 48.5 Å². The Hall–Kier alpha value is -3.23. The van der Waals surface area contributed by atoms with Crippen LogP contribution >= 0.6 is 0 Å². The molecular formula is C22H24F3NO5. The average molecular weight is 439 g/mol. The van der Waals surface area contributed by atoms with Crippen LogP contribution in [0.4, 0.5) is 18.0 Å². The average Bonchev–Trinajstić information content (AvgIpc) is 2.71. The van der Waals surface area contributed by atoms with E-state index in [-0.39, 0.29) is 19.6 Å². The summed E-state index contributed by atoms with van der Waals surface area (Å²) in [6.45, 7) is 3.22. The summed E-state index contributed by atoms with van der Waals surface area (Å²) in [7, 11) is 1.27. The number of rotatable bonds is 8. The predicted molar refractivity (Wildman–Crippen MR) is 107 cm³/mol. The number of carbonyl (C=O) groups is 2. The van der Waals surface area contributed by atoms with Crippen LogP contribution < -0.4 is 10.1 Å². The maximum absolute atomic E-state index is 12.7. The van der Waals surface area contributed by atoms with Crippen LogP contribution in [-0.4, -0.2) is 31.4 Å². The summed E-state index contributed by atoms with van der Waals surface area (Å²) in [6, 6.07) is 11.7. The molecule has 6 nitrogen and oxygen atoms in total. The molecule has 0 aromatic heterocycles. The summed E-state index contributed by atoms with van der Waals surface area (Å²) < 4.78 is 53.6. The van der Waals surface area contributed by atoms with Crippen LogP contribution in [0.2, 0.25) is 0 Å². The number of esters is 1. The number of methoxy groups -OCH3 is 1. The van der Waals surface area contributed by atoms with Crippen molar-refractivity contribution in [2.45, 2.75) is 38.6 Å². The number of ether oxygens (including phenoxy) is 3. The van der Waals surface area contributed by atoms with E-state index in [1.807, 2.05) is 0 Å². The highest BCUT2D eigenvalue weighted by Gasteiger charge is 2.31. The van der Waals surface area contributed by atoms with E-state index in [2.05, 4.69) is 5.32 Å². The van der Waals surface area contributed by atoms with Crippen LogP contribution in [0.5, 0.6) is 5.75 Å². The van der Waals surface area contributed by atoms with Gasteiger partial charge in [-0.3, -0.25) is 0 Å². The summed E-state index contributed by atoms with van der Waals surface area (Å²) in [5.74, 6) is -0.104. The van der Waals surface area contributed by atoms with Gasteiger partial charge in [0.05, 0.1) is 19.3 Å². The number of amides is 1. The lowest BCUT2D eigenvalue weighted by atomic mass is 10.1. The molecule has 0 unspecified atom stereocenters. The normalized spacial score (nSPS) is 11.5. The number of alkyl halides is 3. The predicted octanol–water partition coefficient (Wildman–Crippen LogP) is 4.50. The van der Waals surface area contributed by atoms with Gasteiger partial charge in [-0.25, -0.2) is 9.59 Å². The van der Waals surface area contributed by atoms with E-state index in [1.54, 1.807) is 38.1 Å². The largest absolute Gasteiger partial charge is 0.476 e. The van der Waals surface area contributed by atoms with Gasteiger partial charge < -0.3 is 19.5 Å². The van der Waals surface area contributed by atoms with Crippen molar-refractivity contribution in [1.82, 2.24) is 5.32 Å². The summed E-state index contributed by atoms with van der Waals surface area (Å²) in [6.07, 6.45) is -4.96. The Morgan fingerprint density at radius 3 is 2.35 bits per heavy atom. The van der Waals surface area contributed by atoms with E-state index >= 15 is 0 Å². The van der Waals surface area contributed by atoms with E-state index in [0.29, 0.717) is 16.9 Å². The third kappa shape index (κ3) is 7.51. The fourth-order valence-electron chi connectivity index (χ4n) is 2.69. The van der Waals surface area contributed by atoms with Crippen molar-refractivity contribution in [1.29, 1.82) is 0 Å². The molecule has 0 atom stereocenters. The van der Waals surface area contributed by atoms with Crippen LogP contribution in [0.3, 0.4) is 0 Å². The second kappa shape index (κ2) is 10.2. The van der Waals surface area contributed by atoms with Gasteiger partial charge in [-0.2, -0.15) is 13.2 Å². The molecular weight excluding hydrogens is 415 g/mol. The van der Waals surface area contributed by atoms with E-state index in [0.717, 1.165) is 12.1 Å². The second-order valence-electron chi connectivity index (χ2n) is 7.19.